The first-order chi connectivity index (χ1) is 10.0. The number of carbonyl (C=O) groups is 2. The molecular weight excluding hydrogens is 272 g/mol. The summed E-state index contributed by atoms with van der Waals surface area (Å²) < 4.78 is 4.87. The van der Waals surface area contributed by atoms with Gasteiger partial charge in [0.1, 0.15) is 0 Å². The maximum atomic E-state index is 12.0. The molecule has 0 radical (unpaired) electrons. The third-order valence-electron chi connectivity index (χ3n) is 3.35. The van der Waals surface area contributed by atoms with Crippen molar-refractivity contribution in [3.05, 3.63) is 53.9 Å². The van der Waals surface area contributed by atoms with Crippen molar-refractivity contribution >= 4 is 11.9 Å². The number of nitrogens with one attached hydrogen (secondary N) is 1. The highest BCUT2D eigenvalue weighted by Gasteiger charge is 2.37. The van der Waals surface area contributed by atoms with Crippen molar-refractivity contribution in [2.45, 2.75) is 25.3 Å². The molecule has 0 fully saturated rings. The molecule has 1 aromatic heterocycles. The van der Waals surface area contributed by atoms with Crippen molar-refractivity contribution in [1.82, 2.24) is 10.5 Å². The van der Waals surface area contributed by atoms with Crippen LogP contribution in [-0.2, 0) is 21.5 Å². The van der Waals surface area contributed by atoms with Crippen LogP contribution >= 0.6 is 0 Å². The molecule has 0 bridgehead atoms. The number of amides is 1. The van der Waals surface area contributed by atoms with E-state index in [1.165, 1.54) is 6.20 Å². The molecule has 0 saturated carbocycles. The molecule has 0 spiro atoms. The van der Waals surface area contributed by atoms with Crippen LogP contribution in [0.3, 0.4) is 0 Å². The quantitative estimate of drug-likeness (QED) is 0.844. The number of rotatable bonds is 6. The monoisotopic (exact) mass is 288 g/mol. The normalized spacial score (nSPS) is 13.4. The summed E-state index contributed by atoms with van der Waals surface area (Å²) in [5, 5.41) is 15.6. The molecule has 6 heteroatoms. The van der Waals surface area contributed by atoms with Gasteiger partial charge >= 0.3 is 5.97 Å². The Bertz CT molecular complexity index is 610. The molecule has 2 N–H and O–H groups in total. The van der Waals surface area contributed by atoms with Crippen LogP contribution in [0.5, 0.6) is 0 Å². The summed E-state index contributed by atoms with van der Waals surface area (Å²) in [7, 11) is 0. The number of hydrogen-bond donors (Lipinski definition) is 2. The van der Waals surface area contributed by atoms with E-state index >= 15 is 0 Å². The molecular formula is C15H16N2O4. The van der Waals surface area contributed by atoms with Gasteiger partial charge < -0.3 is 14.9 Å². The van der Waals surface area contributed by atoms with E-state index in [0.717, 1.165) is 0 Å². The molecule has 2 aromatic rings. The summed E-state index contributed by atoms with van der Waals surface area (Å²) in [5.74, 6) is -0.885. The summed E-state index contributed by atoms with van der Waals surface area (Å²) in [6, 6.07) is 10.4. The topological polar surface area (TPSA) is 92.4 Å². The van der Waals surface area contributed by atoms with E-state index in [9.17, 15) is 14.7 Å². The third kappa shape index (κ3) is 3.47. The Morgan fingerprint density at radius 2 is 2.00 bits per heavy atom. The van der Waals surface area contributed by atoms with Crippen LogP contribution in [0, 0.1) is 0 Å². The van der Waals surface area contributed by atoms with Gasteiger partial charge in [-0.1, -0.05) is 35.5 Å². The number of nitrogens with zero attached hydrogens (tertiary/aromatic N) is 1. The maximum absolute atomic E-state index is 12.0. The molecule has 1 heterocycles. The van der Waals surface area contributed by atoms with Crippen LogP contribution in [0.15, 0.2) is 47.1 Å². The molecule has 1 amide bonds. The zero-order valence-electron chi connectivity index (χ0n) is 11.6. The number of carbonyl (C=O) groups excluding carboxylic acids is 1. The number of aromatic nitrogens is 1. The molecule has 0 aliphatic carbocycles. The van der Waals surface area contributed by atoms with E-state index in [2.05, 4.69) is 10.5 Å². The van der Waals surface area contributed by atoms with Gasteiger partial charge in [0, 0.05) is 12.5 Å². The highest BCUT2D eigenvalue weighted by molar-refractivity contribution is 5.89. The number of carboxylic acid groups (broad SMARTS) is 1. The summed E-state index contributed by atoms with van der Waals surface area (Å²) in [6.45, 7) is 1.72. The molecule has 110 valence electrons. The molecule has 6 nitrogen and oxygen atoms in total. The Labute approximate surface area is 121 Å². The SMILES string of the molecule is CC(CC(=O)NCc1ccno1)(C(=O)O)c1ccccc1. The second-order valence-electron chi connectivity index (χ2n) is 4.94. The standard InChI is InChI=1S/C15H16N2O4/c1-15(14(19)20,11-5-3-2-4-6-11)9-13(18)16-10-12-7-8-17-21-12/h2-8H,9-10H2,1H3,(H,16,18)(H,19,20). The van der Waals surface area contributed by atoms with Gasteiger partial charge in [0.15, 0.2) is 5.76 Å². The van der Waals surface area contributed by atoms with Gasteiger partial charge in [0.25, 0.3) is 0 Å². The second kappa shape index (κ2) is 6.21. The predicted molar refractivity (Wildman–Crippen MR) is 74.4 cm³/mol. The van der Waals surface area contributed by atoms with Gasteiger partial charge in [-0.2, -0.15) is 0 Å². The van der Waals surface area contributed by atoms with E-state index < -0.39 is 11.4 Å². The van der Waals surface area contributed by atoms with Gasteiger partial charge in [0.05, 0.1) is 18.2 Å². The van der Waals surface area contributed by atoms with Gasteiger partial charge in [0.2, 0.25) is 5.91 Å². The minimum absolute atomic E-state index is 0.152. The molecule has 1 atom stereocenters. The smallest absolute Gasteiger partial charge is 0.314 e. The van der Waals surface area contributed by atoms with Crippen LogP contribution < -0.4 is 5.32 Å². The van der Waals surface area contributed by atoms with Crippen LogP contribution in [0.2, 0.25) is 0 Å². The lowest BCUT2D eigenvalue weighted by Crippen LogP contribution is -2.38. The van der Waals surface area contributed by atoms with Crippen LogP contribution in [0.25, 0.3) is 0 Å². The van der Waals surface area contributed by atoms with Crippen molar-refractivity contribution < 1.29 is 19.2 Å². The predicted octanol–water partition coefficient (Wildman–Crippen LogP) is 1.72. The van der Waals surface area contributed by atoms with E-state index in [1.54, 1.807) is 43.3 Å². The molecule has 0 aliphatic rings. The van der Waals surface area contributed by atoms with Gasteiger partial charge in [-0.15, -0.1) is 0 Å². The summed E-state index contributed by atoms with van der Waals surface area (Å²) >= 11 is 0. The minimum atomic E-state index is -1.27. The number of benzene rings is 1. The van der Waals surface area contributed by atoms with Crippen molar-refractivity contribution in [2.24, 2.45) is 0 Å². The lowest BCUT2D eigenvalue weighted by atomic mass is 9.79. The number of carboxylic acids is 1. The van der Waals surface area contributed by atoms with Crippen LogP contribution in [-0.4, -0.2) is 22.1 Å². The molecule has 2 rings (SSSR count). The first-order valence-electron chi connectivity index (χ1n) is 6.47. The molecule has 0 saturated heterocycles. The molecule has 1 aromatic carbocycles. The second-order valence-corrected chi connectivity index (χ2v) is 4.94. The average molecular weight is 288 g/mol. The lowest BCUT2D eigenvalue weighted by molar-refractivity contribution is -0.145. The first kappa shape index (κ1) is 14.8. The van der Waals surface area contributed by atoms with Gasteiger partial charge in [-0.05, 0) is 12.5 Å². The van der Waals surface area contributed by atoms with Crippen molar-refractivity contribution in [3.63, 3.8) is 0 Å². The van der Waals surface area contributed by atoms with E-state index in [1.807, 2.05) is 0 Å². The fourth-order valence-electron chi connectivity index (χ4n) is 2.01. The van der Waals surface area contributed by atoms with Crippen LogP contribution in [0.4, 0.5) is 0 Å². The minimum Gasteiger partial charge on any atom is -0.481 e. The van der Waals surface area contributed by atoms with E-state index in [0.29, 0.717) is 11.3 Å². The van der Waals surface area contributed by atoms with E-state index in [4.69, 9.17) is 4.52 Å². The molecule has 1 unspecified atom stereocenters. The summed E-state index contributed by atoms with van der Waals surface area (Å²) in [5.41, 5.74) is -0.681. The largest absolute Gasteiger partial charge is 0.481 e. The Balaban J connectivity index is 2.06. The van der Waals surface area contributed by atoms with Gasteiger partial charge in [-0.3, -0.25) is 9.59 Å². The molecule has 21 heavy (non-hydrogen) atoms. The first-order valence-corrected chi connectivity index (χ1v) is 6.47. The van der Waals surface area contributed by atoms with Crippen LogP contribution in [0.1, 0.15) is 24.7 Å². The highest BCUT2D eigenvalue weighted by Crippen LogP contribution is 2.27. The zero-order valence-corrected chi connectivity index (χ0v) is 11.6. The van der Waals surface area contributed by atoms with Crippen molar-refractivity contribution in [1.29, 1.82) is 0 Å². The van der Waals surface area contributed by atoms with Gasteiger partial charge in [-0.25, -0.2) is 0 Å². The Kier molecular flexibility index (Phi) is 4.37. The number of aliphatic carboxylic acids is 1. The Morgan fingerprint density at radius 3 is 2.57 bits per heavy atom. The fraction of sp³-hybridized carbons (Fsp3) is 0.267. The Hall–Kier alpha value is -2.63. The van der Waals surface area contributed by atoms with E-state index in [-0.39, 0.29) is 18.9 Å². The summed E-state index contributed by atoms with van der Waals surface area (Å²) in [4.78, 5) is 23.6. The van der Waals surface area contributed by atoms with Crippen molar-refractivity contribution in [3.8, 4) is 0 Å². The summed E-state index contributed by atoms with van der Waals surface area (Å²) in [6.07, 6.45) is 1.33. The highest BCUT2D eigenvalue weighted by atomic mass is 16.5. The lowest BCUT2D eigenvalue weighted by Gasteiger charge is -2.24. The zero-order chi connectivity index (χ0) is 15.3. The maximum Gasteiger partial charge on any atom is 0.314 e. The van der Waals surface area contributed by atoms with Crippen molar-refractivity contribution in [2.75, 3.05) is 0 Å². The fourth-order valence-corrected chi connectivity index (χ4v) is 2.01. The number of hydrogen-bond acceptors (Lipinski definition) is 4. The molecule has 0 aliphatic heterocycles. The average Bonchev–Trinajstić information content (AvgIpc) is 2.99. The Morgan fingerprint density at radius 1 is 1.29 bits per heavy atom. The third-order valence-corrected chi connectivity index (χ3v) is 3.35.